The topological polar surface area (TPSA) is 101 Å². The normalized spacial score (nSPS) is 10.7. The van der Waals surface area contributed by atoms with E-state index in [4.69, 9.17) is 0 Å². The fraction of sp³-hybridized carbons (Fsp3) is 0.0435. The highest BCUT2D eigenvalue weighted by molar-refractivity contribution is 6.03. The predicted octanol–water partition coefficient (Wildman–Crippen LogP) is 2.29. The number of nitrogens with one attached hydrogen (secondary N) is 2. The molecule has 1 amide bonds. The zero-order valence-electron chi connectivity index (χ0n) is 15.8. The van der Waals surface area contributed by atoms with Crippen molar-refractivity contribution >= 4 is 22.6 Å². The Kier molecular flexibility index (Phi) is 5.09. The maximum Gasteiger partial charge on any atom is 0.333 e. The quantitative estimate of drug-likeness (QED) is 0.503. The summed E-state index contributed by atoms with van der Waals surface area (Å²) >= 11 is 0. The van der Waals surface area contributed by atoms with Crippen molar-refractivity contribution < 1.29 is 9.59 Å². The van der Waals surface area contributed by atoms with E-state index in [2.05, 4.69) is 10.3 Å². The second kappa shape index (κ2) is 8.00. The molecule has 30 heavy (non-hydrogen) atoms. The van der Waals surface area contributed by atoms with Crippen LogP contribution in [0, 0.1) is 0 Å². The lowest BCUT2D eigenvalue weighted by molar-refractivity contribution is 0.0904. The monoisotopic (exact) mass is 399 g/mol. The lowest BCUT2D eigenvalue weighted by Crippen LogP contribution is -2.36. The van der Waals surface area contributed by atoms with Crippen molar-refractivity contribution in [1.29, 1.82) is 0 Å². The molecule has 2 N–H and O–H groups in total. The van der Waals surface area contributed by atoms with Gasteiger partial charge in [0.15, 0.2) is 5.78 Å². The fourth-order valence-electron chi connectivity index (χ4n) is 3.22. The third-order valence-electron chi connectivity index (χ3n) is 4.70. The number of aromatic amines is 1. The van der Waals surface area contributed by atoms with E-state index in [9.17, 15) is 19.2 Å². The highest BCUT2D eigenvalue weighted by Crippen LogP contribution is 2.13. The third kappa shape index (κ3) is 3.56. The predicted molar refractivity (Wildman–Crippen MR) is 113 cm³/mol. The number of carbonyl (C=O) groups excluding carboxylic acids is 2. The molecule has 1 aromatic heterocycles. The minimum atomic E-state index is -0.653. The number of para-hydroxylation sites is 2. The Bertz CT molecular complexity index is 1370. The Balaban J connectivity index is 1.69. The molecule has 7 nitrogen and oxygen atoms in total. The molecule has 0 saturated carbocycles. The SMILES string of the molecule is O=C(CNC(=O)c1ccccc1-n1c(=O)[nH]c2ccccc2c1=O)c1ccccc1. The van der Waals surface area contributed by atoms with Crippen molar-refractivity contribution in [2.45, 2.75) is 0 Å². The smallest absolute Gasteiger partial charge is 0.333 e. The van der Waals surface area contributed by atoms with E-state index in [0.717, 1.165) is 4.57 Å². The molecule has 0 aliphatic carbocycles. The van der Waals surface area contributed by atoms with E-state index < -0.39 is 17.2 Å². The van der Waals surface area contributed by atoms with Gasteiger partial charge in [0.25, 0.3) is 11.5 Å². The van der Waals surface area contributed by atoms with Gasteiger partial charge >= 0.3 is 5.69 Å². The number of ketones is 1. The summed E-state index contributed by atoms with van der Waals surface area (Å²) in [6, 6.07) is 21.5. The second-order valence-corrected chi connectivity index (χ2v) is 6.61. The molecule has 1 heterocycles. The molecule has 0 bridgehead atoms. The molecule has 0 unspecified atom stereocenters. The molecule has 3 aromatic carbocycles. The average molecular weight is 399 g/mol. The van der Waals surface area contributed by atoms with Gasteiger partial charge in [0.1, 0.15) is 0 Å². The van der Waals surface area contributed by atoms with Crippen molar-refractivity contribution in [3.05, 3.63) is 111 Å². The van der Waals surface area contributed by atoms with E-state index in [-0.39, 0.29) is 23.6 Å². The van der Waals surface area contributed by atoms with Crippen LogP contribution in [-0.2, 0) is 0 Å². The summed E-state index contributed by atoms with van der Waals surface area (Å²) in [5.74, 6) is -0.809. The van der Waals surface area contributed by atoms with Gasteiger partial charge in [-0.3, -0.25) is 14.4 Å². The van der Waals surface area contributed by atoms with Crippen LogP contribution in [0.15, 0.2) is 88.5 Å². The summed E-state index contributed by atoms with van der Waals surface area (Å²) in [6.07, 6.45) is 0. The number of rotatable bonds is 5. The largest absolute Gasteiger partial charge is 0.345 e. The molecule has 0 fully saturated rings. The molecule has 7 heteroatoms. The number of fused-ring (bicyclic) bond motifs is 1. The highest BCUT2D eigenvalue weighted by Gasteiger charge is 2.17. The zero-order valence-corrected chi connectivity index (χ0v) is 15.8. The first-order valence-corrected chi connectivity index (χ1v) is 9.26. The van der Waals surface area contributed by atoms with Crippen molar-refractivity contribution in [3.63, 3.8) is 0 Å². The number of carbonyl (C=O) groups is 2. The highest BCUT2D eigenvalue weighted by atomic mass is 16.2. The molecule has 0 aliphatic rings. The van der Waals surface area contributed by atoms with Crippen molar-refractivity contribution in [2.75, 3.05) is 6.54 Å². The Morgan fingerprint density at radius 2 is 1.50 bits per heavy atom. The van der Waals surface area contributed by atoms with Crippen LogP contribution >= 0.6 is 0 Å². The van der Waals surface area contributed by atoms with Crippen LogP contribution in [0.5, 0.6) is 0 Å². The minimum Gasteiger partial charge on any atom is -0.345 e. The number of Topliss-reactive ketones (excluding diaryl/α,β-unsaturated/α-hetero) is 1. The molecule has 0 radical (unpaired) electrons. The number of H-pyrrole nitrogens is 1. The van der Waals surface area contributed by atoms with Gasteiger partial charge < -0.3 is 10.3 Å². The Labute approximate surface area is 170 Å². The summed E-state index contributed by atoms with van der Waals surface area (Å²) in [6.45, 7) is -0.208. The van der Waals surface area contributed by atoms with Gasteiger partial charge in [-0.25, -0.2) is 9.36 Å². The maximum atomic E-state index is 12.9. The lowest BCUT2D eigenvalue weighted by atomic mass is 10.1. The van der Waals surface area contributed by atoms with Gasteiger partial charge in [0.2, 0.25) is 0 Å². The molecule has 0 atom stereocenters. The van der Waals surface area contributed by atoms with E-state index in [1.165, 1.54) is 12.1 Å². The number of hydrogen-bond acceptors (Lipinski definition) is 4. The maximum absolute atomic E-state index is 12.9. The number of amides is 1. The van der Waals surface area contributed by atoms with E-state index in [0.29, 0.717) is 16.5 Å². The Morgan fingerprint density at radius 3 is 2.30 bits per heavy atom. The van der Waals surface area contributed by atoms with Gasteiger partial charge in [-0.05, 0) is 24.3 Å². The van der Waals surface area contributed by atoms with Crippen LogP contribution in [0.2, 0.25) is 0 Å². The standard InChI is InChI=1S/C23H17N3O4/c27-20(15-8-2-1-3-9-15)14-24-21(28)17-11-5-7-13-19(17)26-22(29)16-10-4-6-12-18(16)25-23(26)30/h1-13H,14H2,(H,24,28)(H,25,30). The van der Waals surface area contributed by atoms with Gasteiger partial charge in [0.05, 0.1) is 28.7 Å². The summed E-state index contributed by atoms with van der Waals surface area (Å²) in [7, 11) is 0. The molecule has 0 saturated heterocycles. The van der Waals surface area contributed by atoms with Crippen molar-refractivity contribution in [1.82, 2.24) is 14.9 Å². The summed E-state index contributed by atoms with van der Waals surface area (Å²) in [4.78, 5) is 53.2. The van der Waals surface area contributed by atoms with Crippen LogP contribution in [-0.4, -0.2) is 27.8 Å². The Hall–Kier alpha value is -4.26. The zero-order chi connectivity index (χ0) is 21.1. The molecule has 4 aromatic rings. The summed E-state index contributed by atoms with van der Waals surface area (Å²) in [5.41, 5.74) is -0.0397. The first kappa shape index (κ1) is 19.1. The third-order valence-corrected chi connectivity index (χ3v) is 4.70. The van der Waals surface area contributed by atoms with Gasteiger partial charge in [-0.15, -0.1) is 0 Å². The van der Waals surface area contributed by atoms with Gasteiger partial charge in [0, 0.05) is 5.56 Å². The molecule has 148 valence electrons. The van der Waals surface area contributed by atoms with Crippen LogP contribution in [0.1, 0.15) is 20.7 Å². The molecular weight excluding hydrogens is 382 g/mol. The van der Waals surface area contributed by atoms with Crippen molar-refractivity contribution in [2.24, 2.45) is 0 Å². The van der Waals surface area contributed by atoms with E-state index in [1.807, 2.05) is 0 Å². The number of nitrogens with zero attached hydrogens (tertiary/aromatic N) is 1. The van der Waals surface area contributed by atoms with Crippen LogP contribution in [0.25, 0.3) is 16.6 Å². The Morgan fingerprint density at radius 1 is 0.833 bits per heavy atom. The van der Waals surface area contributed by atoms with Crippen LogP contribution in [0.3, 0.4) is 0 Å². The second-order valence-electron chi connectivity index (χ2n) is 6.61. The average Bonchev–Trinajstić information content (AvgIpc) is 2.78. The number of benzene rings is 3. The first-order chi connectivity index (χ1) is 14.6. The van der Waals surface area contributed by atoms with Gasteiger partial charge in [-0.2, -0.15) is 0 Å². The molecular formula is C23H17N3O4. The van der Waals surface area contributed by atoms with E-state index in [1.54, 1.807) is 66.7 Å². The van der Waals surface area contributed by atoms with Crippen LogP contribution < -0.4 is 16.6 Å². The molecule has 0 spiro atoms. The summed E-state index contributed by atoms with van der Waals surface area (Å²) in [5, 5.41) is 2.89. The van der Waals surface area contributed by atoms with Crippen molar-refractivity contribution in [3.8, 4) is 5.69 Å². The fourth-order valence-corrected chi connectivity index (χ4v) is 3.22. The summed E-state index contributed by atoms with van der Waals surface area (Å²) < 4.78 is 0.927. The first-order valence-electron chi connectivity index (χ1n) is 9.26. The minimum absolute atomic E-state index is 0.112. The number of aromatic nitrogens is 2. The van der Waals surface area contributed by atoms with Crippen LogP contribution in [0.4, 0.5) is 0 Å². The van der Waals surface area contributed by atoms with E-state index >= 15 is 0 Å². The van der Waals surface area contributed by atoms with Gasteiger partial charge in [-0.1, -0.05) is 54.6 Å². The number of hydrogen-bond donors (Lipinski definition) is 2. The molecule has 0 aliphatic heterocycles. The molecule has 4 rings (SSSR count). The lowest BCUT2D eigenvalue weighted by Gasteiger charge is -2.12.